The number of hydrogen-bond acceptors (Lipinski definition) is 4. The highest BCUT2D eigenvalue weighted by Crippen LogP contribution is 2.40. The maximum absolute atomic E-state index is 8.73. The standard InChI is InChI=1S/C6H6O4.C2H4/c7-3-1-2-4(8)6(10)5(3)9;1-2/h1-2,7-10H;1-2H2. The zero-order valence-electron chi connectivity index (χ0n) is 6.36. The number of hydrogen-bond donors (Lipinski definition) is 4. The van der Waals surface area contributed by atoms with E-state index in [4.69, 9.17) is 20.4 Å². The smallest absolute Gasteiger partial charge is 0.204 e. The fourth-order valence-corrected chi connectivity index (χ4v) is 0.558. The molecule has 4 heteroatoms. The molecule has 0 aromatic heterocycles. The first-order valence-corrected chi connectivity index (χ1v) is 3.06. The van der Waals surface area contributed by atoms with E-state index in [0.717, 1.165) is 12.1 Å². The van der Waals surface area contributed by atoms with Gasteiger partial charge in [0.1, 0.15) is 0 Å². The van der Waals surface area contributed by atoms with Gasteiger partial charge in [-0.2, -0.15) is 0 Å². The Morgan fingerprint density at radius 2 is 1.00 bits per heavy atom. The van der Waals surface area contributed by atoms with Crippen molar-refractivity contribution < 1.29 is 20.4 Å². The van der Waals surface area contributed by atoms with E-state index < -0.39 is 23.0 Å². The van der Waals surface area contributed by atoms with Gasteiger partial charge in [0.2, 0.25) is 11.5 Å². The lowest BCUT2D eigenvalue weighted by Crippen LogP contribution is -1.71. The van der Waals surface area contributed by atoms with Crippen LogP contribution in [0.3, 0.4) is 0 Å². The van der Waals surface area contributed by atoms with Crippen LogP contribution in [0.15, 0.2) is 25.3 Å². The molecule has 4 nitrogen and oxygen atoms in total. The zero-order chi connectivity index (χ0) is 9.72. The van der Waals surface area contributed by atoms with Gasteiger partial charge in [0.15, 0.2) is 11.5 Å². The quantitative estimate of drug-likeness (QED) is 0.269. The van der Waals surface area contributed by atoms with Crippen LogP contribution in [0.1, 0.15) is 0 Å². The fourth-order valence-electron chi connectivity index (χ4n) is 0.558. The molecule has 0 unspecified atom stereocenters. The average molecular weight is 170 g/mol. The summed E-state index contributed by atoms with van der Waals surface area (Å²) in [5, 5.41) is 34.9. The second-order valence-electron chi connectivity index (χ2n) is 1.80. The third-order valence-corrected chi connectivity index (χ3v) is 1.11. The Bertz CT molecular complexity index is 243. The van der Waals surface area contributed by atoms with Gasteiger partial charge in [0.25, 0.3) is 0 Å². The van der Waals surface area contributed by atoms with Crippen molar-refractivity contribution in [3.05, 3.63) is 25.3 Å². The van der Waals surface area contributed by atoms with Crippen molar-refractivity contribution in [2.75, 3.05) is 0 Å². The lowest BCUT2D eigenvalue weighted by Gasteiger charge is -2.00. The molecule has 0 fully saturated rings. The highest BCUT2D eigenvalue weighted by molar-refractivity contribution is 5.55. The summed E-state index contributed by atoms with van der Waals surface area (Å²) in [4.78, 5) is 0. The molecule has 1 rings (SSSR count). The predicted octanol–water partition coefficient (Wildman–Crippen LogP) is 1.31. The van der Waals surface area contributed by atoms with Crippen LogP contribution in [0.5, 0.6) is 23.0 Å². The van der Waals surface area contributed by atoms with Crippen LogP contribution >= 0.6 is 0 Å². The Hall–Kier alpha value is -1.84. The molecular formula is C8H10O4. The molecule has 12 heavy (non-hydrogen) atoms. The molecular weight excluding hydrogens is 160 g/mol. The summed E-state index contributed by atoms with van der Waals surface area (Å²) in [6, 6.07) is 2.15. The van der Waals surface area contributed by atoms with Crippen LogP contribution in [0.25, 0.3) is 0 Å². The van der Waals surface area contributed by atoms with E-state index in [1.54, 1.807) is 0 Å². The number of benzene rings is 1. The first kappa shape index (κ1) is 10.2. The molecule has 0 radical (unpaired) electrons. The van der Waals surface area contributed by atoms with Crippen molar-refractivity contribution >= 4 is 0 Å². The zero-order valence-corrected chi connectivity index (χ0v) is 6.36. The monoisotopic (exact) mass is 170 g/mol. The summed E-state index contributed by atoms with van der Waals surface area (Å²) in [5.41, 5.74) is 0. The molecule has 0 heterocycles. The third-order valence-electron chi connectivity index (χ3n) is 1.11. The van der Waals surface area contributed by atoms with Gasteiger partial charge in [-0.1, -0.05) is 0 Å². The molecule has 0 spiro atoms. The number of rotatable bonds is 0. The molecule has 0 bridgehead atoms. The third kappa shape index (κ3) is 1.82. The topological polar surface area (TPSA) is 80.9 Å². The molecule has 0 amide bonds. The van der Waals surface area contributed by atoms with Crippen molar-refractivity contribution in [3.63, 3.8) is 0 Å². The SMILES string of the molecule is C=C.Oc1ccc(O)c(O)c1O. The first-order chi connectivity index (χ1) is 5.63. The second kappa shape index (κ2) is 4.12. The molecule has 0 aliphatic rings. The van der Waals surface area contributed by atoms with Gasteiger partial charge in [-0.3, -0.25) is 0 Å². The van der Waals surface area contributed by atoms with Gasteiger partial charge in [-0.15, -0.1) is 13.2 Å². The van der Waals surface area contributed by atoms with Gasteiger partial charge in [0.05, 0.1) is 0 Å². The van der Waals surface area contributed by atoms with Gasteiger partial charge in [-0.25, -0.2) is 0 Å². The van der Waals surface area contributed by atoms with Crippen molar-refractivity contribution in [1.82, 2.24) is 0 Å². The molecule has 4 N–H and O–H groups in total. The Morgan fingerprint density at radius 1 is 0.750 bits per heavy atom. The molecule has 0 saturated carbocycles. The van der Waals surface area contributed by atoms with E-state index in [1.165, 1.54) is 0 Å². The number of phenols is 4. The minimum Gasteiger partial charge on any atom is -0.504 e. The summed E-state index contributed by atoms with van der Waals surface area (Å²) < 4.78 is 0. The summed E-state index contributed by atoms with van der Waals surface area (Å²) in [7, 11) is 0. The minimum atomic E-state index is -0.708. The van der Waals surface area contributed by atoms with Crippen LogP contribution in [0.2, 0.25) is 0 Å². The van der Waals surface area contributed by atoms with Crippen LogP contribution in [-0.2, 0) is 0 Å². The maximum atomic E-state index is 8.73. The summed E-state index contributed by atoms with van der Waals surface area (Å²) in [6.07, 6.45) is 0. The molecule has 1 aromatic carbocycles. The van der Waals surface area contributed by atoms with Gasteiger partial charge < -0.3 is 20.4 Å². The molecule has 0 atom stereocenters. The Morgan fingerprint density at radius 3 is 1.25 bits per heavy atom. The van der Waals surface area contributed by atoms with Crippen molar-refractivity contribution in [1.29, 1.82) is 0 Å². The lowest BCUT2D eigenvalue weighted by molar-refractivity contribution is 0.346. The lowest BCUT2D eigenvalue weighted by atomic mass is 10.3. The summed E-state index contributed by atoms with van der Waals surface area (Å²) >= 11 is 0. The Balaban J connectivity index is 0.000000561. The van der Waals surface area contributed by atoms with Crippen molar-refractivity contribution in [2.24, 2.45) is 0 Å². The Kier molecular flexibility index (Phi) is 3.49. The first-order valence-electron chi connectivity index (χ1n) is 3.06. The van der Waals surface area contributed by atoms with E-state index in [9.17, 15) is 0 Å². The van der Waals surface area contributed by atoms with E-state index in [2.05, 4.69) is 13.2 Å². The summed E-state index contributed by atoms with van der Waals surface area (Å²) in [5.74, 6) is -2.34. The normalized spacial score (nSPS) is 8.33. The maximum Gasteiger partial charge on any atom is 0.204 e. The van der Waals surface area contributed by atoms with E-state index >= 15 is 0 Å². The molecule has 66 valence electrons. The van der Waals surface area contributed by atoms with E-state index in [-0.39, 0.29) is 0 Å². The molecule has 0 aliphatic carbocycles. The van der Waals surface area contributed by atoms with Gasteiger partial charge in [0, 0.05) is 0 Å². The van der Waals surface area contributed by atoms with Crippen molar-refractivity contribution in [2.45, 2.75) is 0 Å². The fraction of sp³-hybridized carbons (Fsp3) is 0. The van der Waals surface area contributed by atoms with Crippen LogP contribution in [0, 0.1) is 0 Å². The van der Waals surface area contributed by atoms with Gasteiger partial charge >= 0.3 is 0 Å². The number of phenolic OH excluding ortho intramolecular Hbond substituents is 4. The number of aromatic hydroxyl groups is 4. The molecule has 1 aromatic rings. The Labute approximate surface area is 69.7 Å². The van der Waals surface area contributed by atoms with Gasteiger partial charge in [-0.05, 0) is 12.1 Å². The molecule has 0 aliphatic heterocycles. The minimum absolute atomic E-state index is 0.463. The highest BCUT2D eigenvalue weighted by atomic mass is 16.3. The largest absolute Gasteiger partial charge is 0.504 e. The average Bonchev–Trinajstić information content (AvgIpc) is 2.12. The van der Waals surface area contributed by atoms with E-state index in [0.29, 0.717) is 0 Å². The van der Waals surface area contributed by atoms with E-state index in [1.807, 2.05) is 0 Å². The second-order valence-corrected chi connectivity index (χ2v) is 1.80. The van der Waals surface area contributed by atoms with Crippen molar-refractivity contribution in [3.8, 4) is 23.0 Å². The highest BCUT2D eigenvalue weighted by Gasteiger charge is 2.08. The van der Waals surface area contributed by atoms with Crippen LogP contribution < -0.4 is 0 Å². The van der Waals surface area contributed by atoms with Crippen LogP contribution in [-0.4, -0.2) is 20.4 Å². The summed E-state index contributed by atoms with van der Waals surface area (Å²) in [6.45, 7) is 6.00. The predicted molar refractivity (Wildman–Crippen MR) is 44.4 cm³/mol. The van der Waals surface area contributed by atoms with Crippen LogP contribution in [0.4, 0.5) is 0 Å². The molecule has 0 saturated heterocycles.